The predicted molar refractivity (Wildman–Crippen MR) is 89.0 cm³/mol. The normalized spacial score (nSPS) is 21.7. The second-order valence-electron chi connectivity index (χ2n) is 5.58. The van der Waals surface area contributed by atoms with Gasteiger partial charge in [0, 0.05) is 30.2 Å². The number of aliphatic hydroxyl groups excluding tert-OH is 1. The lowest BCUT2D eigenvalue weighted by molar-refractivity contribution is -0.138. The fourth-order valence-corrected chi connectivity index (χ4v) is 3.73. The molecule has 9 heteroatoms. The number of alkyl halides is 3. The summed E-state index contributed by atoms with van der Waals surface area (Å²) in [6.45, 7) is 0.747. The Kier molecular flexibility index (Phi) is 5.74. The molecule has 3 N–H and O–H groups in total. The third-order valence-corrected chi connectivity index (χ3v) is 4.75. The fourth-order valence-electron chi connectivity index (χ4n) is 3.02. The highest BCUT2D eigenvalue weighted by Crippen LogP contribution is 2.41. The zero-order chi connectivity index (χ0) is 16.6. The highest BCUT2D eigenvalue weighted by molar-refractivity contribution is 7.15. The average molecular weight is 380 g/mol. The molecule has 1 aromatic heterocycles. The van der Waals surface area contributed by atoms with Gasteiger partial charge in [-0.15, -0.1) is 23.7 Å². The number of nitrogens with zero attached hydrogens (tertiary/aromatic N) is 2. The number of hydrogen-bond acceptors (Lipinski definition) is 5. The lowest BCUT2D eigenvalue weighted by Gasteiger charge is -2.26. The van der Waals surface area contributed by atoms with Gasteiger partial charge in [-0.3, -0.25) is 4.90 Å². The summed E-state index contributed by atoms with van der Waals surface area (Å²) in [5.41, 5.74) is 5.16. The summed E-state index contributed by atoms with van der Waals surface area (Å²) in [5, 5.41) is 10.4. The quantitative estimate of drug-likeness (QED) is 0.857. The minimum absolute atomic E-state index is 0. The number of rotatable bonds is 3. The molecule has 4 nitrogen and oxygen atoms in total. The van der Waals surface area contributed by atoms with Gasteiger partial charge in [-0.05, 0) is 18.1 Å². The topological polar surface area (TPSA) is 62.4 Å². The number of anilines is 1. The Balaban J connectivity index is 0.00000208. The molecule has 2 heterocycles. The molecule has 0 bridgehead atoms. The van der Waals surface area contributed by atoms with E-state index in [9.17, 15) is 18.3 Å². The Morgan fingerprint density at radius 3 is 2.67 bits per heavy atom. The molecule has 24 heavy (non-hydrogen) atoms. The molecule has 0 aliphatic carbocycles. The average Bonchev–Trinajstić information content (AvgIpc) is 3.04. The molecule has 3 rings (SSSR count). The molecule has 1 fully saturated rings. The zero-order valence-corrected chi connectivity index (χ0v) is 14.2. The zero-order valence-electron chi connectivity index (χ0n) is 12.5. The van der Waals surface area contributed by atoms with Crippen molar-refractivity contribution in [3.8, 4) is 0 Å². The van der Waals surface area contributed by atoms with Gasteiger partial charge >= 0.3 is 6.18 Å². The van der Waals surface area contributed by atoms with Crippen LogP contribution in [0.4, 0.5) is 18.3 Å². The van der Waals surface area contributed by atoms with Crippen molar-refractivity contribution in [3.63, 3.8) is 0 Å². The summed E-state index contributed by atoms with van der Waals surface area (Å²) in [6, 6.07) is 5.07. The molecule has 0 radical (unpaired) electrons. The minimum atomic E-state index is -4.41. The maximum atomic E-state index is 13.3. The van der Waals surface area contributed by atoms with Crippen molar-refractivity contribution in [3.05, 3.63) is 46.5 Å². The van der Waals surface area contributed by atoms with Crippen molar-refractivity contribution in [1.82, 2.24) is 9.88 Å². The van der Waals surface area contributed by atoms with Crippen LogP contribution in [0.25, 0.3) is 0 Å². The SMILES string of the molecule is Cl.Nc1ncc(CN2CC(O)CC2c2ccccc2C(F)(F)F)s1. The van der Waals surface area contributed by atoms with E-state index in [0.29, 0.717) is 18.2 Å². The number of hydrogen-bond donors (Lipinski definition) is 2. The van der Waals surface area contributed by atoms with Crippen LogP contribution in [0, 0.1) is 0 Å². The molecule has 2 unspecified atom stereocenters. The van der Waals surface area contributed by atoms with E-state index < -0.39 is 23.9 Å². The number of likely N-dealkylation sites (tertiary alicyclic amines) is 1. The second-order valence-corrected chi connectivity index (χ2v) is 6.73. The first-order valence-electron chi connectivity index (χ1n) is 7.13. The van der Waals surface area contributed by atoms with E-state index in [1.807, 2.05) is 4.90 Å². The molecule has 0 spiro atoms. The third-order valence-electron chi connectivity index (χ3n) is 3.94. The summed E-state index contributed by atoms with van der Waals surface area (Å²) in [7, 11) is 0. The Morgan fingerprint density at radius 1 is 1.33 bits per heavy atom. The van der Waals surface area contributed by atoms with Gasteiger partial charge in [0.1, 0.15) is 0 Å². The second kappa shape index (κ2) is 7.26. The number of thiazole rings is 1. The molecule has 1 saturated heterocycles. The maximum absolute atomic E-state index is 13.3. The van der Waals surface area contributed by atoms with E-state index in [2.05, 4.69) is 4.98 Å². The van der Waals surface area contributed by atoms with Crippen LogP contribution in [0.2, 0.25) is 0 Å². The number of halogens is 4. The molecule has 0 amide bonds. The van der Waals surface area contributed by atoms with Gasteiger partial charge in [0.15, 0.2) is 5.13 Å². The number of aliphatic hydroxyl groups is 1. The van der Waals surface area contributed by atoms with Crippen molar-refractivity contribution in [2.45, 2.75) is 31.3 Å². The van der Waals surface area contributed by atoms with E-state index >= 15 is 0 Å². The summed E-state index contributed by atoms with van der Waals surface area (Å²) >= 11 is 1.30. The Hall–Kier alpha value is -1.35. The van der Waals surface area contributed by atoms with E-state index in [0.717, 1.165) is 10.9 Å². The number of β-amino-alcohol motifs (C(OH)–C–C–N with tert-alkyl or cyclic N) is 1. The Morgan fingerprint density at radius 2 is 2.04 bits per heavy atom. The molecule has 2 aromatic rings. The molecular formula is C15H17ClF3N3OS. The third kappa shape index (κ3) is 4.00. The van der Waals surface area contributed by atoms with Crippen molar-refractivity contribution in [2.75, 3.05) is 12.3 Å². The number of benzene rings is 1. The minimum Gasteiger partial charge on any atom is -0.392 e. The summed E-state index contributed by atoms with van der Waals surface area (Å²) < 4.78 is 39.8. The van der Waals surface area contributed by atoms with Gasteiger partial charge < -0.3 is 10.8 Å². The van der Waals surface area contributed by atoms with Crippen LogP contribution >= 0.6 is 23.7 Å². The van der Waals surface area contributed by atoms with Crippen molar-refractivity contribution in [1.29, 1.82) is 0 Å². The van der Waals surface area contributed by atoms with E-state index in [1.54, 1.807) is 12.3 Å². The molecule has 0 saturated carbocycles. The van der Waals surface area contributed by atoms with Gasteiger partial charge in [0.2, 0.25) is 0 Å². The van der Waals surface area contributed by atoms with Crippen LogP contribution in [0.3, 0.4) is 0 Å². The predicted octanol–water partition coefficient (Wildman–Crippen LogP) is 3.47. The van der Waals surface area contributed by atoms with Gasteiger partial charge in [-0.1, -0.05) is 18.2 Å². The van der Waals surface area contributed by atoms with E-state index in [1.165, 1.54) is 23.5 Å². The lowest BCUT2D eigenvalue weighted by Crippen LogP contribution is -2.25. The molecule has 1 aliphatic heterocycles. The van der Waals surface area contributed by atoms with E-state index in [-0.39, 0.29) is 24.4 Å². The first-order chi connectivity index (χ1) is 10.8. The standard InChI is InChI=1S/C15H16F3N3OS.ClH/c16-15(17,18)12-4-2-1-3-11(12)13-5-9(22)7-21(13)8-10-6-20-14(19)23-10;/h1-4,6,9,13,22H,5,7-8H2,(H2,19,20);1H. The van der Waals surface area contributed by atoms with Crippen LogP contribution in [0.5, 0.6) is 0 Å². The number of nitrogen functional groups attached to an aromatic ring is 1. The fraction of sp³-hybridized carbons (Fsp3) is 0.400. The highest BCUT2D eigenvalue weighted by Gasteiger charge is 2.39. The Bertz CT molecular complexity index is 695. The van der Waals surface area contributed by atoms with Crippen molar-refractivity contribution in [2.24, 2.45) is 0 Å². The van der Waals surface area contributed by atoms with Gasteiger partial charge in [0.25, 0.3) is 0 Å². The smallest absolute Gasteiger partial charge is 0.392 e. The number of nitrogens with two attached hydrogens (primary N) is 1. The number of aromatic nitrogens is 1. The molecule has 132 valence electrons. The highest BCUT2D eigenvalue weighted by atomic mass is 35.5. The molecule has 1 aromatic carbocycles. The molecule has 2 atom stereocenters. The van der Waals surface area contributed by atoms with Crippen LogP contribution in [0.1, 0.15) is 28.5 Å². The van der Waals surface area contributed by atoms with Gasteiger partial charge in [-0.2, -0.15) is 13.2 Å². The summed E-state index contributed by atoms with van der Waals surface area (Å²) in [6.07, 6.45) is -3.16. The molecular weight excluding hydrogens is 363 g/mol. The van der Waals surface area contributed by atoms with Crippen LogP contribution in [-0.4, -0.2) is 27.6 Å². The maximum Gasteiger partial charge on any atom is 0.416 e. The monoisotopic (exact) mass is 379 g/mol. The van der Waals surface area contributed by atoms with Crippen molar-refractivity contribution >= 4 is 28.9 Å². The largest absolute Gasteiger partial charge is 0.416 e. The first kappa shape index (κ1) is 19.0. The van der Waals surface area contributed by atoms with Gasteiger partial charge in [-0.25, -0.2) is 4.98 Å². The first-order valence-corrected chi connectivity index (χ1v) is 7.94. The lowest BCUT2D eigenvalue weighted by atomic mass is 9.97. The van der Waals surface area contributed by atoms with E-state index in [4.69, 9.17) is 5.73 Å². The summed E-state index contributed by atoms with van der Waals surface area (Å²) in [5.74, 6) is 0. The van der Waals surface area contributed by atoms with Crippen LogP contribution in [0.15, 0.2) is 30.5 Å². The molecule has 1 aliphatic rings. The van der Waals surface area contributed by atoms with Gasteiger partial charge in [0.05, 0.1) is 11.7 Å². The summed E-state index contributed by atoms with van der Waals surface area (Å²) in [4.78, 5) is 6.68. The Labute approximate surface area is 147 Å². The van der Waals surface area contributed by atoms with Crippen LogP contribution < -0.4 is 5.73 Å². The van der Waals surface area contributed by atoms with Crippen molar-refractivity contribution < 1.29 is 18.3 Å². The van der Waals surface area contributed by atoms with Crippen LogP contribution in [-0.2, 0) is 12.7 Å².